The molecule has 0 aliphatic heterocycles. The maximum Gasteiger partial charge on any atom is 0.455 e. The van der Waals surface area contributed by atoms with Crippen LogP contribution in [0.2, 0.25) is 5.02 Å². The summed E-state index contributed by atoms with van der Waals surface area (Å²) >= 11 is 6.32. The molecule has 0 atom stereocenters. The van der Waals surface area contributed by atoms with Crippen molar-refractivity contribution in [3.63, 3.8) is 0 Å². The van der Waals surface area contributed by atoms with Gasteiger partial charge in [0.15, 0.2) is 0 Å². The van der Waals surface area contributed by atoms with Gasteiger partial charge in [-0.05, 0) is 44.2 Å². The third-order valence-electron chi connectivity index (χ3n) is 4.85. The highest BCUT2D eigenvalue weighted by atomic mass is 35.5. The summed E-state index contributed by atoms with van der Waals surface area (Å²) in [6, 6.07) is 7.96. The van der Waals surface area contributed by atoms with Crippen molar-refractivity contribution in [2.24, 2.45) is 0 Å². The summed E-state index contributed by atoms with van der Waals surface area (Å²) in [5.74, 6) is -2.42. The van der Waals surface area contributed by atoms with Gasteiger partial charge in [0, 0.05) is 7.05 Å². The molecule has 2 aromatic heterocycles. The minimum atomic E-state index is -4.75. The molecule has 0 spiro atoms. The molecule has 3 aromatic rings. The van der Waals surface area contributed by atoms with E-state index in [1.165, 1.54) is 17.8 Å². The topological polar surface area (TPSA) is 120 Å². The number of benzene rings is 1. The van der Waals surface area contributed by atoms with Crippen LogP contribution in [0.4, 0.5) is 13.2 Å². The first-order valence-corrected chi connectivity index (χ1v) is 10.9. The fourth-order valence-corrected chi connectivity index (χ4v) is 3.42. The molecule has 10 nitrogen and oxygen atoms in total. The minimum Gasteiger partial charge on any atom is -0.355 e. The van der Waals surface area contributed by atoms with E-state index in [1.54, 1.807) is 51.1 Å². The van der Waals surface area contributed by atoms with E-state index in [4.69, 9.17) is 11.6 Å². The lowest BCUT2D eigenvalue weighted by atomic mass is 10.1. The molecule has 0 radical (unpaired) electrons. The van der Waals surface area contributed by atoms with E-state index in [0.29, 0.717) is 17.0 Å². The molecule has 2 heterocycles. The molecule has 190 valence electrons. The number of para-hydroxylation sites is 1. The Labute approximate surface area is 208 Å². The Morgan fingerprint density at radius 3 is 2.42 bits per heavy atom. The molecule has 0 saturated carbocycles. The zero-order valence-electron chi connectivity index (χ0n) is 19.7. The first kappa shape index (κ1) is 26.6. The molecule has 14 heteroatoms. The molecular formula is C22H22ClF3N8O2. The normalized spacial score (nSPS) is 11.8. The second kappa shape index (κ2) is 10.7. The van der Waals surface area contributed by atoms with Crippen LogP contribution in [0.15, 0.2) is 53.3 Å². The minimum absolute atomic E-state index is 0.0142. The van der Waals surface area contributed by atoms with Gasteiger partial charge >= 0.3 is 6.18 Å². The summed E-state index contributed by atoms with van der Waals surface area (Å²) in [6.45, 7) is 4.82. The number of carbonyl (C=O) groups excluding carboxylic acids is 2. The van der Waals surface area contributed by atoms with Gasteiger partial charge in [0.25, 0.3) is 17.6 Å². The number of allylic oxidation sites excluding steroid dienone is 2. The number of hydrogen-bond donors (Lipinski definition) is 2. The molecule has 36 heavy (non-hydrogen) atoms. The molecule has 0 saturated heterocycles. The number of likely N-dealkylation sites (N-methyl/N-ethyl adjacent to an activating group) is 1. The van der Waals surface area contributed by atoms with Crippen molar-refractivity contribution in [1.82, 2.24) is 40.6 Å². The van der Waals surface area contributed by atoms with E-state index in [-0.39, 0.29) is 28.5 Å². The monoisotopic (exact) mass is 522 g/mol. The summed E-state index contributed by atoms with van der Waals surface area (Å²) in [5, 5.41) is 19.6. The standard InChI is InChI=1S/C22H22ClF3N8O2/c1-5-14(19(35)27-4)18(12(2)3)28-20(36)17-10-13(11-33-31-21(29-32-33)22(24,25)26)30-34(17)16-9-7-6-8-15(16)23/h5-10H,11H2,1-4H3,(H,27,35)(H,28,36)/b14-5+. The van der Waals surface area contributed by atoms with Gasteiger partial charge in [-0.25, -0.2) is 4.68 Å². The van der Waals surface area contributed by atoms with Gasteiger partial charge < -0.3 is 10.6 Å². The highest BCUT2D eigenvalue weighted by Gasteiger charge is 2.37. The second-order valence-electron chi connectivity index (χ2n) is 7.64. The molecular weight excluding hydrogens is 501 g/mol. The quantitative estimate of drug-likeness (QED) is 0.363. The average molecular weight is 523 g/mol. The number of nitrogens with zero attached hydrogens (tertiary/aromatic N) is 6. The highest BCUT2D eigenvalue weighted by Crippen LogP contribution is 2.25. The van der Waals surface area contributed by atoms with Crippen LogP contribution in [0.25, 0.3) is 5.69 Å². The van der Waals surface area contributed by atoms with Crippen LogP contribution >= 0.6 is 11.6 Å². The summed E-state index contributed by atoms with van der Waals surface area (Å²) in [6.07, 6.45) is -3.19. The number of halogens is 4. The summed E-state index contributed by atoms with van der Waals surface area (Å²) in [5.41, 5.74) is 1.75. The predicted molar refractivity (Wildman–Crippen MR) is 124 cm³/mol. The van der Waals surface area contributed by atoms with Crippen molar-refractivity contribution in [3.05, 3.63) is 75.5 Å². The number of alkyl halides is 3. The lowest BCUT2D eigenvalue weighted by molar-refractivity contribution is -0.145. The van der Waals surface area contributed by atoms with E-state index in [1.807, 2.05) is 0 Å². The van der Waals surface area contributed by atoms with Crippen molar-refractivity contribution in [2.75, 3.05) is 7.05 Å². The van der Waals surface area contributed by atoms with Gasteiger partial charge in [-0.3, -0.25) is 9.59 Å². The van der Waals surface area contributed by atoms with Crippen molar-refractivity contribution in [3.8, 4) is 5.69 Å². The highest BCUT2D eigenvalue weighted by molar-refractivity contribution is 6.32. The van der Waals surface area contributed by atoms with E-state index >= 15 is 0 Å². The maximum absolute atomic E-state index is 13.4. The van der Waals surface area contributed by atoms with E-state index < -0.39 is 23.8 Å². The van der Waals surface area contributed by atoms with E-state index in [2.05, 4.69) is 31.1 Å². The Morgan fingerprint density at radius 1 is 1.17 bits per heavy atom. The lowest BCUT2D eigenvalue weighted by Crippen LogP contribution is -2.31. The second-order valence-corrected chi connectivity index (χ2v) is 8.04. The van der Waals surface area contributed by atoms with Crippen molar-refractivity contribution < 1.29 is 22.8 Å². The van der Waals surface area contributed by atoms with Gasteiger partial charge in [-0.1, -0.05) is 35.4 Å². The molecule has 0 fully saturated rings. The third kappa shape index (κ3) is 5.79. The molecule has 2 amide bonds. The number of carbonyl (C=O) groups is 2. The molecule has 0 aliphatic carbocycles. The van der Waals surface area contributed by atoms with Crippen LogP contribution in [-0.2, 0) is 17.5 Å². The predicted octanol–water partition coefficient (Wildman–Crippen LogP) is 3.30. The van der Waals surface area contributed by atoms with Gasteiger partial charge in [0.1, 0.15) is 12.2 Å². The van der Waals surface area contributed by atoms with E-state index in [0.717, 1.165) is 4.80 Å². The maximum atomic E-state index is 13.4. The number of rotatable bonds is 7. The third-order valence-corrected chi connectivity index (χ3v) is 5.17. The van der Waals surface area contributed by atoms with Crippen molar-refractivity contribution in [2.45, 2.75) is 33.5 Å². The van der Waals surface area contributed by atoms with Crippen LogP contribution in [0.1, 0.15) is 42.8 Å². The van der Waals surface area contributed by atoms with Gasteiger partial charge in [0.2, 0.25) is 0 Å². The Kier molecular flexibility index (Phi) is 7.93. The molecule has 0 aliphatic rings. The van der Waals surface area contributed by atoms with Crippen LogP contribution in [0.3, 0.4) is 0 Å². The molecule has 0 unspecified atom stereocenters. The van der Waals surface area contributed by atoms with Crippen molar-refractivity contribution >= 4 is 23.4 Å². The largest absolute Gasteiger partial charge is 0.455 e. The Morgan fingerprint density at radius 2 is 1.86 bits per heavy atom. The SMILES string of the molecule is C/C=C(/C(=O)NC)C(NC(=O)c1cc(Cn2nnc(C(F)(F)F)n2)nn1-c1ccccc1Cl)=C(C)C. The first-order valence-electron chi connectivity index (χ1n) is 10.5. The van der Waals surface area contributed by atoms with Gasteiger partial charge in [-0.2, -0.15) is 23.1 Å². The Balaban J connectivity index is 2.03. The fraction of sp³-hybridized carbons (Fsp3) is 0.273. The van der Waals surface area contributed by atoms with Crippen molar-refractivity contribution in [1.29, 1.82) is 0 Å². The van der Waals surface area contributed by atoms with Crippen LogP contribution in [-0.4, -0.2) is 48.8 Å². The zero-order chi connectivity index (χ0) is 26.6. The van der Waals surface area contributed by atoms with Gasteiger partial charge in [0.05, 0.1) is 27.7 Å². The number of aromatic nitrogens is 6. The van der Waals surface area contributed by atoms with Crippen LogP contribution in [0, 0.1) is 0 Å². The molecule has 2 N–H and O–H groups in total. The van der Waals surface area contributed by atoms with Crippen LogP contribution in [0.5, 0.6) is 0 Å². The van der Waals surface area contributed by atoms with Gasteiger partial charge in [-0.15, -0.1) is 10.2 Å². The lowest BCUT2D eigenvalue weighted by Gasteiger charge is -2.15. The number of hydrogen-bond acceptors (Lipinski definition) is 6. The number of tetrazole rings is 1. The van der Waals surface area contributed by atoms with E-state index in [9.17, 15) is 22.8 Å². The summed E-state index contributed by atoms with van der Waals surface area (Å²) in [4.78, 5) is 26.4. The smallest absolute Gasteiger partial charge is 0.355 e. The molecule has 0 bridgehead atoms. The number of nitrogens with one attached hydrogen (secondary N) is 2. The number of amides is 2. The fourth-order valence-electron chi connectivity index (χ4n) is 3.21. The molecule has 3 rings (SSSR count). The van der Waals surface area contributed by atoms with Crippen LogP contribution < -0.4 is 10.6 Å². The summed E-state index contributed by atoms with van der Waals surface area (Å²) < 4.78 is 39.8. The Hall–Kier alpha value is -4.00. The molecule has 1 aromatic carbocycles. The summed E-state index contributed by atoms with van der Waals surface area (Å²) in [7, 11) is 1.47. The Bertz CT molecular complexity index is 1350. The first-order chi connectivity index (χ1) is 17.0. The average Bonchev–Trinajstić information content (AvgIpc) is 3.46. The zero-order valence-corrected chi connectivity index (χ0v) is 20.4.